The number of benzene rings is 4. The first-order chi connectivity index (χ1) is 21.2. The second-order valence-electron chi connectivity index (χ2n) is 12.0. The van der Waals surface area contributed by atoms with Gasteiger partial charge in [0, 0.05) is 5.92 Å². The third-order valence-corrected chi connectivity index (χ3v) is 7.43. The van der Waals surface area contributed by atoms with Gasteiger partial charge in [0.15, 0.2) is 6.04 Å². The predicted octanol–water partition coefficient (Wildman–Crippen LogP) is 7.34. The van der Waals surface area contributed by atoms with Crippen molar-refractivity contribution in [1.82, 2.24) is 5.32 Å². The molecule has 0 spiro atoms. The van der Waals surface area contributed by atoms with E-state index in [1.54, 1.807) is 0 Å². The Balaban J connectivity index is 1.15. The standard InChI is InChI=1S/C37H39NO6/c1-25-13-15-26(16-14-25)21-41-28-19-17-27(18-20-28)22-42-35(39)34(24-44-37(2,3)4)38-36(40)43-23-33-31-11-7-5-9-29(31)30-10-6-8-12-32(30)33/h5-20,33-34H,21-24H2,1-4H3,(H,38,40)/t34-/m0/s1. The molecule has 44 heavy (non-hydrogen) atoms. The first-order valence-electron chi connectivity index (χ1n) is 14.9. The van der Waals surface area contributed by atoms with Gasteiger partial charge in [-0.1, -0.05) is 90.5 Å². The van der Waals surface area contributed by atoms with E-state index >= 15 is 0 Å². The lowest BCUT2D eigenvalue weighted by atomic mass is 9.98. The molecule has 4 aromatic carbocycles. The fourth-order valence-corrected chi connectivity index (χ4v) is 5.07. The number of aryl methyl sites for hydroxylation is 1. The third-order valence-electron chi connectivity index (χ3n) is 7.43. The van der Waals surface area contributed by atoms with Gasteiger partial charge < -0.3 is 24.3 Å². The van der Waals surface area contributed by atoms with Crippen LogP contribution >= 0.6 is 0 Å². The van der Waals surface area contributed by atoms with Crippen LogP contribution in [0, 0.1) is 6.92 Å². The number of rotatable bonds is 11. The number of nitrogens with one attached hydrogen (secondary N) is 1. The zero-order valence-corrected chi connectivity index (χ0v) is 25.7. The Hall–Kier alpha value is -4.62. The molecule has 1 atom stereocenters. The van der Waals surface area contributed by atoms with Gasteiger partial charge in [0.25, 0.3) is 0 Å². The Morgan fingerprint density at radius 2 is 1.32 bits per heavy atom. The molecular weight excluding hydrogens is 554 g/mol. The Morgan fingerprint density at radius 1 is 0.750 bits per heavy atom. The molecule has 4 aromatic rings. The van der Waals surface area contributed by atoms with Gasteiger partial charge in [0.1, 0.15) is 25.6 Å². The maximum Gasteiger partial charge on any atom is 0.407 e. The van der Waals surface area contributed by atoms with E-state index in [2.05, 4.69) is 41.7 Å². The van der Waals surface area contributed by atoms with Crippen LogP contribution in [0.1, 0.15) is 54.5 Å². The molecule has 0 aromatic heterocycles. The highest BCUT2D eigenvalue weighted by Crippen LogP contribution is 2.44. The van der Waals surface area contributed by atoms with Crippen molar-refractivity contribution in [3.63, 3.8) is 0 Å². The fraction of sp³-hybridized carbons (Fsp3) is 0.297. The highest BCUT2D eigenvalue weighted by atomic mass is 16.6. The second-order valence-corrected chi connectivity index (χ2v) is 12.0. The molecule has 5 rings (SSSR count). The molecule has 0 fully saturated rings. The van der Waals surface area contributed by atoms with E-state index in [1.807, 2.05) is 88.4 Å². The van der Waals surface area contributed by atoms with Crippen LogP contribution in [0.4, 0.5) is 4.79 Å². The summed E-state index contributed by atoms with van der Waals surface area (Å²) in [5.41, 5.74) is 7.06. The number of fused-ring (bicyclic) bond motifs is 3. The van der Waals surface area contributed by atoms with E-state index in [1.165, 1.54) is 5.56 Å². The predicted molar refractivity (Wildman–Crippen MR) is 169 cm³/mol. The fourth-order valence-electron chi connectivity index (χ4n) is 5.07. The summed E-state index contributed by atoms with van der Waals surface area (Å²) in [5, 5.41) is 2.66. The van der Waals surface area contributed by atoms with E-state index in [0.29, 0.717) is 12.4 Å². The molecule has 0 bridgehead atoms. The summed E-state index contributed by atoms with van der Waals surface area (Å²) >= 11 is 0. The lowest BCUT2D eigenvalue weighted by molar-refractivity contribution is -0.150. The molecule has 1 amide bonds. The molecule has 1 aliphatic carbocycles. The number of carbonyl (C=O) groups is 2. The number of alkyl carbamates (subject to hydrolysis) is 1. The minimum Gasteiger partial charge on any atom is -0.489 e. The first kappa shape index (κ1) is 30.8. The Morgan fingerprint density at radius 3 is 1.93 bits per heavy atom. The highest BCUT2D eigenvalue weighted by Gasteiger charge is 2.30. The van der Waals surface area contributed by atoms with Crippen LogP contribution in [-0.2, 0) is 32.2 Å². The Labute approximate surface area is 259 Å². The van der Waals surface area contributed by atoms with Gasteiger partial charge in [-0.2, -0.15) is 0 Å². The van der Waals surface area contributed by atoms with Crippen molar-refractivity contribution in [3.05, 3.63) is 125 Å². The molecule has 0 radical (unpaired) electrons. The molecule has 0 unspecified atom stereocenters. The largest absolute Gasteiger partial charge is 0.489 e. The average Bonchev–Trinajstić information content (AvgIpc) is 3.34. The van der Waals surface area contributed by atoms with Gasteiger partial charge in [-0.05, 0) is 73.2 Å². The van der Waals surface area contributed by atoms with Crippen LogP contribution in [-0.4, -0.2) is 36.9 Å². The van der Waals surface area contributed by atoms with Gasteiger partial charge in [-0.25, -0.2) is 9.59 Å². The minimum atomic E-state index is -1.04. The Kier molecular flexibility index (Phi) is 9.65. The molecule has 0 saturated heterocycles. The molecule has 1 N–H and O–H groups in total. The summed E-state index contributed by atoms with van der Waals surface area (Å²) in [6.45, 7) is 8.27. The molecule has 228 valence electrons. The van der Waals surface area contributed by atoms with E-state index in [0.717, 1.165) is 33.4 Å². The summed E-state index contributed by atoms with van der Waals surface area (Å²) in [7, 11) is 0. The summed E-state index contributed by atoms with van der Waals surface area (Å²) in [5.74, 6) is 0.0182. The van der Waals surface area contributed by atoms with Crippen LogP contribution in [0.15, 0.2) is 97.1 Å². The number of hydrogen-bond donors (Lipinski definition) is 1. The van der Waals surface area contributed by atoms with Crippen LogP contribution in [0.5, 0.6) is 5.75 Å². The molecule has 0 heterocycles. The van der Waals surface area contributed by atoms with Gasteiger partial charge in [0.2, 0.25) is 0 Å². The number of carbonyl (C=O) groups excluding carboxylic acids is 2. The SMILES string of the molecule is Cc1ccc(COc2ccc(COC(=O)[C@H](COC(C)(C)C)NC(=O)OCC3c4ccccc4-c4ccccc43)cc2)cc1. The number of hydrogen-bond acceptors (Lipinski definition) is 6. The van der Waals surface area contributed by atoms with Crippen LogP contribution in [0.2, 0.25) is 0 Å². The van der Waals surface area contributed by atoms with Crippen LogP contribution < -0.4 is 10.1 Å². The van der Waals surface area contributed by atoms with Crippen molar-refractivity contribution in [1.29, 1.82) is 0 Å². The average molecular weight is 594 g/mol. The van der Waals surface area contributed by atoms with Crippen molar-refractivity contribution < 1.29 is 28.5 Å². The van der Waals surface area contributed by atoms with E-state index < -0.39 is 23.7 Å². The van der Waals surface area contributed by atoms with E-state index in [9.17, 15) is 9.59 Å². The maximum absolute atomic E-state index is 13.1. The third kappa shape index (κ3) is 8.05. The van der Waals surface area contributed by atoms with Crippen molar-refractivity contribution >= 4 is 12.1 Å². The smallest absolute Gasteiger partial charge is 0.407 e. The van der Waals surface area contributed by atoms with Crippen molar-refractivity contribution in [2.75, 3.05) is 13.2 Å². The maximum atomic E-state index is 13.1. The topological polar surface area (TPSA) is 83.1 Å². The lowest BCUT2D eigenvalue weighted by Gasteiger charge is -2.24. The van der Waals surface area contributed by atoms with Crippen LogP contribution in [0.25, 0.3) is 11.1 Å². The normalized spacial score (nSPS) is 13.0. The lowest BCUT2D eigenvalue weighted by Crippen LogP contribution is -2.46. The van der Waals surface area contributed by atoms with Crippen molar-refractivity contribution in [2.45, 2.75) is 58.5 Å². The van der Waals surface area contributed by atoms with Gasteiger partial charge >= 0.3 is 12.1 Å². The molecule has 0 saturated carbocycles. The van der Waals surface area contributed by atoms with Crippen molar-refractivity contribution in [2.24, 2.45) is 0 Å². The van der Waals surface area contributed by atoms with Crippen molar-refractivity contribution in [3.8, 4) is 16.9 Å². The van der Waals surface area contributed by atoms with Gasteiger partial charge in [-0.3, -0.25) is 0 Å². The molecule has 7 heteroatoms. The monoisotopic (exact) mass is 593 g/mol. The summed E-state index contributed by atoms with van der Waals surface area (Å²) in [6.07, 6.45) is -0.707. The van der Waals surface area contributed by atoms with Gasteiger partial charge in [-0.15, -0.1) is 0 Å². The van der Waals surface area contributed by atoms with E-state index in [4.69, 9.17) is 18.9 Å². The minimum absolute atomic E-state index is 0.0372. The molecule has 0 aliphatic heterocycles. The number of esters is 1. The second kappa shape index (κ2) is 13.8. The number of ether oxygens (including phenoxy) is 4. The quantitative estimate of drug-likeness (QED) is 0.183. The van der Waals surface area contributed by atoms with Crippen LogP contribution in [0.3, 0.4) is 0 Å². The van der Waals surface area contributed by atoms with Gasteiger partial charge in [0.05, 0.1) is 12.2 Å². The summed E-state index contributed by atoms with van der Waals surface area (Å²) < 4.78 is 22.9. The zero-order valence-electron chi connectivity index (χ0n) is 25.7. The Bertz CT molecular complexity index is 1530. The first-order valence-corrected chi connectivity index (χ1v) is 14.9. The summed E-state index contributed by atoms with van der Waals surface area (Å²) in [6, 6.07) is 30.8. The zero-order chi connectivity index (χ0) is 31.1. The molecule has 7 nitrogen and oxygen atoms in total. The number of amides is 1. The molecule has 1 aliphatic rings. The molecular formula is C37H39NO6. The highest BCUT2D eigenvalue weighted by molar-refractivity contribution is 5.82. The summed E-state index contributed by atoms with van der Waals surface area (Å²) in [4.78, 5) is 26.1. The van der Waals surface area contributed by atoms with E-state index in [-0.39, 0.29) is 25.7 Å².